The number of rotatable bonds is 6. The Bertz CT molecular complexity index is 880. The molecule has 7 nitrogen and oxygen atoms in total. The standard InChI is InChI=1S/C19H21N5O2/c1-4-13-7-6-8-14(5-2)18(13)23-19(25)15-10-21-17(11-20-15)22-16-9-12(3)26-24-16/h6-11H,4-5H2,1-3H3,(H,23,25)(H,21,22,24). The highest BCUT2D eigenvalue weighted by Crippen LogP contribution is 2.23. The van der Waals surface area contributed by atoms with Crippen molar-refractivity contribution in [1.82, 2.24) is 15.1 Å². The molecule has 26 heavy (non-hydrogen) atoms. The quantitative estimate of drug-likeness (QED) is 0.700. The zero-order valence-electron chi connectivity index (χ0n) is 15.0. The molecule has 0 aliphatic carbocycles. The van der Waals surface area contributed by atoms with E-state index in [1.54, 1.807) is 13.0 Å². The van der Waals surface area contributed by atoms with Crippen LogP contribution in [0.25, 0.3) is 0 Å². The average molecular weight is 351 g/mol. The Morgan fingerprint density at radius 3 is 2.35 bits per heavy atom. The number of benzene rings is 1. The molecule has 0 saturated heterocycles. The van der Waals surface area contributed by atoms with E-state index in [-0.39, 0.29) is 11.6 Å². The summed E-state index contributed by atoms with van der Waals surface area (Å²) in [6, 6.07) is 7.80. The van der Waals surface area contributed by atoms with E-state index in [0.717, 1.165) is 29.7 Å². The topological polar surface area (TPSA) is 92.9 Å². The van der Waals surface area contributed by atoms with Gasteiger partial charge in [0.2, 0.25) is 0 Å². The van der Waals surface area contributed by atoms with Crippen molar-refractivity contribution < 1.29 is 9.32 Å². The number of anilines is 3. The summed E-state index contributed by atoms with van der Waals surface area (Å²) in [5.74, 6) is 1.44. The van der Waals surface area contributed by atoms with Crippen LogP contribution in [0.15, 0.2) is 41.2 Å². The second-order valence-corrected chi connectivity index (χ2v) is 5.85. The minimum Gasteiger partial charge on any atom is -0.360 e. The third kappa shape index (κ3) is 3.88. The minimum atomic E-state index is -0.281. The molecule has 1 amide bonds. The molecule has 1 aromatic carbocycles. The first-order valence-corrected chi connectivity index (χ1v) is 8.55. The fourth-order valence-electron chi connectivity index (χ4n) is 2.65. The molecule has 0 bridgehead atoms. The Morgan fingerprint density at radius 1 is 1.08 bits per heavy atom. The molecule has 3 rings (SSSR count). The maximum atomic E-state index is 12.6. The summed E-state index contributed by atoms with van der Waals surface area (Å²) >= 11 is 0. The number of para-hydroxylation sites is 1. The molecule has 0 saturated carbocycles. The summed E-state index contributed by atoms with van der Waals surface area (Å²) in [6.07, 6.45) is 4.61. The van der Waals surface area contributed by atoms with Crippen molar-refractivity contribution >= 4 is 23.2 Å². The Kier molecular flexibility index (Phi) is 5.26. The summed E-state index contributed by atoms with van der Waals surface area (Å²) in [5.41, 5.74) is 3.32. The van der Waals surface area contributed by atoms with Gasteiger partial charge in [-0.3, -0.25) is 4.79 Å². The fourth-order valence-corrected chi connectivity index (χ4v) is 2.65. The van der Waals surface area contributed by atoms with Gasteiger partial charge in [0.15, 0.2) is 5.82 Å². The number of hydrogen-bond donors (Lipinski definition) is 2. The molecule has 3 aromatic rings. The van der Waals surface area contributed by atoms with Gasteiger partial charge >= 0.3 is 0 Å². The maximum Gasteiger partial charge on any atom is 0.275 e. The lowest BCUT2D eigenvalue weighted by atomic mass is 10.0. The number of carbonyl (C=O) groups is 1. The average Bonchev–Trinajstić information content (AvgIpc) is 3.07. The summed E-state index contributed by atoms with van der Waals surface area (Å²) in [6.45, 7) is 5.93. The van der Waals surface area contributed by atoms with Gasteiger partial charge in [0.1, 0.15) is 17.3 Å². The van der Waals surface area contributed by atoms with Crippen LogP contribution in [0, 0.1) is 6.92 Å². The third-order valence-electron chi connectivity index (χ3n) is 4.01. The first-order valence-electron chi connectivity index (χ1n) is 8.55. The van der Waals surface area contributed by atoms with Crippen LogP contribution in [-0.4, -0.2) is 21.0 Å². The van der Waals surface area contributed by atoms with Crippen LogP contribution in [0.1, 0.15) is 41.2 Å². The first-order chi connectivity index (χ1) is 12.6. The number of nitrogens with zero attached hydrogens (tertiary/aromatic N) is 3. The molecule has 0 radical (unpaired) electrons. The molecule has 2 heterocycles. The van der Waals surface area contributed by atoms with E-state index in [2.05, 4.69) is 39.6 Å². The minimum absolute atomic E-state index is 0.250. The second kappa shape index (κ2) is 7.77. The van der Waals surface area contributed by atoms with Crippen LogP contribution in [0.3, 0.4) is 0 Å². The van der Waals surface area contributed by atoms with E-state index in [0.29, 0.717) is 17.4 Å². The molecule has 134 valence electrons. The third-order valence-corrected chi connectivity index (χ3v) is 4.01. The molecule has 2 aromatic heterocycles. The number of hydrogen-bond acceptors (Lipinski definition) is 6. The van der Waals surface area contributed by atoms with Gasteiger partial charge in [0.25, 0.3) is 5.91 Å². The van der Waals surface area contributed by atoms with Crippen molar-refractivity contribution in [2.24, 2.45) is 0 Å². The van der Waals surface area contributed by atoms with Crippen LogP contribution < -0.4 is 10.6 Å². The highest BCUT2D eigenvalue weighted by molar-refractivity contribution is 6.03. The van der Waals surface area contributed by atoms with Crippen molar-refractivity contribution in [3.63, 3.8) is 0 Å². The van der Waals surface area contributed by atoms with Crippen LogP contribution in [0.5, 0.6) is 0 Å². The lowest BCUT2D eigenvalue weighted by Crippen LogP contribution is -2.16. The van der Waals surface area contributed by atoms with E-state index in [9.17, 15) is 4.79 Å². The smallest absolute Gasteiger partial charge is 0.275 e. The lowest BCUT2D eigenvalue weighted by Gasteiger charge is -2.14. The number of nitrogens with one attached hydrogen (secondary N) is 2. The second-order valence-electron chi connectivity index (χ2n) is 5.85. The highest BCUT2D eigenvalue weighted by atomic mass is 16.5. The van der Waals surface area contributed by atoms with Gasteiger partial charge in [0.05, 0.1) is 12.4 Å². The molecule has 0 unspecified atom stereocenters. The predicted molar refractivity (Wildman–Crippen MR) is 99.7 cm³/mol. The van der Waals surface area contributed by atoms with E-state index >= 15 is 0 Å². The zero-order chi connectivity index (χ0) is 18.5. The van der Waals surface area contributed by atoms with Crippen LogP contribution in [0.2, 0.25) is 0 Å². The summed E-state index contributed by atoms with van der Waals surface area (Å²) in [4.78, 5) is 21.0. The van der Waals surface area contributed by atoms with Crippen molar-refractivity contribution in [1.29, 1.82) is 0 Å². The van der Waals surface area contributed by atoms with E-state index in [1.807, 2.05) is 18.2 Å². The number of aryl methyl sites for hydroxylation is 3. The molecular formula is C19H21N5O2. The summed E-state index contributed by atoms with van der Waals surface area (Å²) in [7, 11) is 0. The van der Waals surface area contributed by atoms with Gasteiger partial charge in [-0.1, -0.05) is 37.2 Å². The molecule has 0 aliphatic heterocycles. The van der Waals surface area contributed by atoms with E-state index in [4.69, 9.17) is 4.52 Å². The van der Waals surface area contributed by atoms with Gasteiger partial charge in [-0.15, -0.1) is 0 Å². The van der Waals surface area contributed by atoms with Crippen molar-refractivity contribution in [3.8, 4) is 0 Å². The highest BCUT2D eigenvalue weighted by Gasteiger charge is 2.13. The molecule has 2 N–H and O–H groups in total. The maximum absolute atomic E-state index is 12.6. The van der Waals surface area contributed by atoms with E-state index < -0.39 is 0 Å². The largest absolute Gasteiger partial charge is 0.360 e. The molecular weight excluding hydrogens is 330 g/mol. The van der Waals surface area contributed by atoms with Crippen molar-refractivity contribution in [2.45, 2.75) is 33.6 Å². The van der Waals surface area contributed by atoms with Crippen LogP contribution >= 0.6 is 0 Å². The lowest BCUT2D eigenvalue weighted by molar-refractivity contribution is 0.102. The Balaban J connectivity index is 1.74. The van der Waals surface area contributed by atoms with Crippen molar-refractivity contribution in [3.05, 3.63) is 59.2 Å². The Morgan fingerprint density at radius 2 is 1.81 bits per heavy atom. The number of carbonyl (C=O) groups excluding carboxylic acids is 1. The number of amides is 1. The molecule has 0 fully saturated rings. The molecule has 0 aliphatic rings. The zero-order valence-corrected chi connectivity index (χ0v) is 15.0. The molecule has 0 atom stereocenters. The van der Waals surface area contributed by atoms with Gasteiger partial charge in [-0.2, -0.15) is 0 Å². The summed E-state index contributed by atoms with van der Waals surface area (Å²) in [5, 5.41) is 9.78. The number of aromatic nitrogens is 3. The Hall–Kier alpha value is -3.22. The van der Waals surface area contributed by atoms with Gasteiger partial charge in [0, 0.05) is 11.8 Å². The first kappa shape index (κ1) is 17.6. The van der Waals surface area contributed by atoms with Gasteiger partial charge < -0.3 is 15.2 Å². The van der Waals surface area contributed by atoms with E-state index in [1.165, 1.54) is 12.4 Å². The predicted octanol–water partition coefficient (Wildman–Crippen LogP) is 3.89. The van der Waals surface area contributed by atoms with Gasteiger partial charge in [-0.05, 0) is 30.9 Å². The van der Waals surface area contributed by atoms with Crippen LogP contribution in [-0.2, 0) is 12.8 Å². The van der Waals surface area contributed by atoms with Crippen LogP contribution in [0.4, 0.5) is 17.3 Å². The summed E-state index contributed by atoms with van der Waals surface area (Å²) < 4.78 is 4.98. The Labute approximate surface area is 151 Å². The monoisotopic (exact) mass is 351 g/mol. The molecule has 0 spiro atoms. The SMILES string of the molecule is CCc1cccc(CC)c1NC(=O)c1cnc(Nc2cc(C)on2)cn1. The van der Waals surface area contributed by atoms with Gasteiger partial charge in [-0.25, -0.2) is 9.97 Å². The molecule has 7 heteroatoms. The fraction of sp³-hybridized carbons (Fsp3) is 0.263. The van der Waals surface area contributed by atoms with Crippen molar-refractivity contribution in [2.75, 3.05) is 10.6 Å². The normalized spacial score (nSPS) is 10.6.